The molecule has 0 radical (unpaired) electrons. The van der Waals surface area contributed by atoms with Gasteiger partial charge in [-0.3, -0.25) is 4.79 Å². The van der Waals surface area contributed by atoms with Crippen molar-refractivity contribution in [3.8, 4) is 0 Å². The van der Waals surface area contributed by atoms with Crippen LogP contribution < -0.4 is 0 Å². The summed E-state index contributed by atoms with van der Waals surface area (Å²) in [6.07, 6.45) is 4.55. The van der Waals surface area contributed by atoms with Gasteiger partial charge in [-0.15, -0.1) is 0 Å². The highest BCUT2D eigenvalue weighted by molar-refractivity contribution is 5.89. The number of allylic oxidation sites excluding steroid dienone is 1. The first-order valence-corrected chi connectivity index (χ1v) is 6.37. The molecule has 0 spiro atoms. The zero-order valence-corrected chi connectivity index (χ0v) is 11.6. The number of cyclic esters (lactones) is 1. The lowest BCUT2D eigenvalue weighted by Crippen LogP contribution is -2.08. The molecule has 106 valence electrons. The minimum absolute atomic E-state index is 0.201. The van der Waals surface area contributed by atoms with Gasteiger partial charge in [0.15, 0.2) is 0 Å². The SMILES string of the molecule is CCC1OC(=O)C(O)=C1C.O=C/C=C/c1ccccc1. The van der Waals surface area contributed by atoms with Crippen LogP contribution in [0.4, 0.5) is 0 Å². The number of aliphatic hydroxyl groups is 1. The van der Waals surface area contributed by atoms with Crippen LogP contribution in [-0.2, 0) is 14.3 Å². The van der Waals surface area contributed by atoms with Gasteiger partial charge in [-0.2, -0.15) is 0 Å². The summed E-state index contributed by atoms with van der Waals surface area (Å²) in [4.78, 5) is 20.5. The van der Waals surface area contributed by atoms with E-state index in [-0.39, 0.29) is 11.9 Å². The quantitative estimate of drug-likeness (QED) is 0.522. The maximum atomic E-state index is 10.6. The van der Waals surface area contributed by atoms with E-state index in [2.05, 4.69) is 0 Å². The van der Waals surface area contributed by atoms with Gasteiger partial charge in [0, 0.05) is 5.57 Å². The number of carbonyl (C=O) groups is 2. The smallest absolute Gasteiger partial charge is 0.374 e. The number of aliphatic hydroxyl groups excluding tert-OH is 1. The Hall–Kier alpha value is -2.36. The summed E-state index contributed by atoms with van der Waals surface area (Å²) in [6.45, 7) is 3.61. The van der Waals surface area contributed by atoms with Crippen molar-refractivity contribution in [1.82, 2.24) is 0 Å². The molecule has 1 N–H and O–H groups in total. The van der Waals surface area contributed by atoms with E-state index in [0.29, 0.717) is 5.57 Å². The summed E-state index contributed by atoms with van der Waals surface area (Å²) in [5.41, 5.74) is 1.70. The monoisotopic (exact) mass is 274 g/mol. The van der Waals surface area contributed by atoms with E-state index < -0.39 is 5.97 Å². The molecule has 0 aromatic heterocycles. The molecule has 1 aromatic carbocycles. The second-order valence-corrected chi connectivity index (χ2v) is 4.24. The molecule has 0 amide bonds. The van der Waals surface area contributed by atoms with E-state index in [1.165, 1.54) is 6.08 Å². The Bertz CT molecular complexity index is 515. The van der Waals surface area contributed by atoms with Crippen LogP contribution in [0.25, 0.3) is 6.08 Å². The topological polar surface area (TPSA) is 63.6 Å². The Morgan fingerprint density at radius 2 is 1.95 bits per heavy atom. The molecule has 1 heterocycles. The number of carbonyl (C=O) groups excluding carboxylic acids is 2. The first-order valence-electron chi connectivity index (χ1n) is 6.37. The third-order valence-electron chi connectivity index (χ3n) is 2.84. The lowest BCUT2D eigenvalue weighted by molar-refractivity contribution is -0.142. The standard InChI is InChI=1S/C9H8O.C7H10O3/c10-8-4-7-9-5-2-1-3-6-9;1-3-5-4(2)6(8)7(9)10-5/h1-8H;5,8H,3H2,1-2H3/b7-4+;. The number of ether oxygens (including phenoxy) is 1. The van der Waals surface area contributed by atoms with Crippen molar-refractivity contribution in [2.24, 2.45) is 0 Å². The Balaban J connectivity index is 0.000000200. The predicted octanol–water partition coefficient (Wildman–Crippen LogP) is 3.05. The fraction of sp³-hybridized carbons (Fsp3) is 0.250. The summed E-state index contributed by atoms with van der Waals surface area (Å²) in [5.74, 6) is -0.809. The van der Waals surface area contributed by atoms with Crippen LogP contribution in [-0.4, -0.2) is 23.5 Å². The van der Waals surface area contributed by atoms with Crippen LogP contribution in [0.3, 0.4) is 0 Å². The Kier molecular flexibility index (Phi) is 6.23. The van der Waals surface area contributed by atoms with Crippen LogP contribution in [0.5, 0.6) is 0 Å². The zero-order chi connectivity index (χ0) is 15.0. The maximum absolute atomic E-state index is 10.6. The molecular weight excluding hydrogens is 256 g/mol. The normalized spacial score (nSPS) is 17.7. The van der Waals surface area contributed by atoms with Gasteiger partial charge in [0.1, 0.15) is 12.4 Å². The second kappa shape index (κ2) is 7.94. The van der Waals surface area contributed by atoms with Gasteiger partial charge in [0.2, 0.25) is 5.76 Å². The number of rotatable bonds is 3. The highest BCUT2D eigenvalue weighted by atomic mass is 16.6. The van der Waals surface area contributed by atoms with Crippen LogP contribution in [0.1, 0.15) is 25.8 Å². The van der Waals surface area contributed by atoms with Gasteiger partial charge >= 0.3 is 5.97 Å². The number of benzene rings is 1. The fourth-order valence-corrected chi connectivity index (χ4v) is 1.69. The third kappa shape index (κ3) is 4.39. The molecule has 0 saturated carbocycles. The fourth-order valence-electron chi connectivity index (χ4n) is 1.69. The Morgan fingerprint density at radius 1 is 1.30 bits per heavy atom. The molecule has 0 bridgehead atoms. The molecule has 1 aliphatic rings. The van der Waals surface area contributed by atoms with Gasteiger partial charge in [-0.25, -0.2) is 4.79 Å². The average Bonchev–Trinajstić information content (AvgIpc) is 2.74. The highest BCUT2D eigenvalue weighted by Gasteiger charge is 2.29. The first kappa shape index (κ1) is 15.7. The van der Waals surface area contributed by atoms with Gasteiger partial charge < -0.3 is 9.84 Å². The number of hydrogen-bond acceptors (Lipinski definition) is 4. The summed E-state index contributed by atoms with van der Waals surface area (Å²) in [6, 6.07) is 9.70. The lowest BCUT2D eigenvalue weighted by Gasteiger charge is -2.05. The molecule has 20 heavy (non-hydrogen) atoms. The molecule has 0 fully saturated rings. The molecule has 1 aliphatic heterocycles. The molecule has 0 aliphatic carbocycles. The van der Waals surface area contributed by atoms with Crippen molar-refractivity contribution in [2.75, 3.05) is 0 Å². The second-order valence-electron chi connectivity index (χ2n) is 4.24. The van der Waals surface area contributed by atoms with E-state index in [0.717, 1.165) is 18.3 Å². The molecule has 1 aromatic rings. The number of hydrogen-bond donors (Lipinski definition) is 1. The molecule has 0 saturated heterocycles. The Morgan fingerprint density at radius 3 is 2.35 bits per heavy atom. The van der Waals surface area contributed by atoms with Crippen LogP contribution in [0, 0.1) is 0 Å². The van der Waals surface area contributed by atoms with E-state index in [9.17, 15) is 9.59 Å². The van der Waals surface area contributed by atoms with E-state index in [1.54, 1.807) is 13.0 Å². The van der Waals surface area contributed by atoms with Crippen molar-refractivity contribution < 1.29 is 19.4 Å². The minimum Gasteiger partial charge on any atom is -0.502 e. The molecule has 1 atom stereocenters. The third-order valence-corrected chi connectivity index (χ3v) is 2.84. The summed E-state index contributed by atoms with van der Waals surface area (Å²) in [7, 11) is 0. The summed E-state index contributed by atoms with van der Waals surface area (Å²) in [5, 5.41) is 8.97. The predicted molar refractivity (Wildman–Crippen MR) is 77.0 cm³/mol. The van der Waals surface area contributed by atoms with E-state index in [1.807, 2.05) is 37.3 Å². The molecule has 2 rings (SSSR count). The van der Waals surface area contributed by atoms with Crippen molar-refractivity contribution in [3.05, 3.63) is 53.3 Å². The van der Waals surface area contributed by atoms with Crippen molar-refractivity contribution in [2.45, 2.75) is 26.4 Å². The van der Waals surface area contributed by atoms with Gasteiger partial charge in [0.25, 0.3) is 0 Å². The first-order chi connectivity index (χ1) is 9.60. The van der Waals surface area contributed by atoms with Crippen LogP contribution in [0.2, 0.25) is 0 Å². The Labute approximate surface area is 118 Å². The number of esters is 1. The molecule has 1 unspecified atom stereocenters. The van der Waals surface area contributed by atoms with Crippen LogP contribution >= 0.6 is 0 Å². The summed E-state index contributed by atoms with van der Waals surface area (Å²) >= 11 is 0. The van der Waals surface area contributed by atoms with Crippen molar-refractivity contribution in [3.63, 3.8) is 0 Å². The maximum Gasteiger partial charge on any atom is 0.374 e. The van der Waals surface area contributed by atoms with Gasteiger partial charge in [-0.05, 0) is 25.0 Å². The summed E-state index contributed by atoms with van der Waals surface area (Å²) < 4.78 is 4.77. The molecule has 4 heteroatoms. The number of aldehydes is 1. The molecular formula is C16H18O4. The van der Waals surface area contributed by atoms with Crippen molar-refractivity contribution in [1.29, 1.82) is 0 Å². The van der Waals surface area contributed by atoms with Crippen LogP contribution in [0.15, 0.2) is 47.7 Å². The average molecular weight is 274 g/mol. The highest BCUT2D eigenvalue weighted by Crippen LogP contribution is 2.21. The molecule has 4 nitrogen and oxygen atoms in total. The van der Waals surface area contributed by atoms with E-state index in [4.69, 9.17) is 9.84 Å². The largest absolute Gasteiger partial charge is 0.502 e. The van der Waals surface area contributed by atoms with Crippen molar-refractivity contribution >= 4 is 18.3 Å². The minimum atomic E-state index is -0.593. The van der Waals surface area contributed by atoms with Gasteiger partial charge in [0.05, 0.1) is 0 Å². The lowest BCUT2D eigenvalue weighted by atomic mass is 10.1. The zero-order valence-electron chi connectivity index (χ0n) is 11.6. The van der Waals surface area contributed by atoms with Gasteiger partial charge in [-0.1, -0.05) is 43.3 Å². The van der Waals surface area contributed by atoms with E-state index >= 15 is 0 Å².